The number of benzene rings is 2. The van der Waals surface area contributed by atoms with Crippen LogP contribution in [0.3, 0.4) is 0 Å². The Bertz CT molecular complexity index is 799. The maximum Gasteiger partial charge on any atom is 0.416 e. The molecule has 0 aliphatic heterocycles. The van der Waals surface area contributed by atoms with Gasteiger partial charge in [0.25, 0.3) is 0 Å². The molecule has 0 saturated carbocycles. The molecule has 0 atom stereocenters. The van der Waals surface area contributed by atoms with Gasteiger partial charge >= 0.3 is 12.1 Å². The molecule has 30 heavy (non-hydrogen) atoms. The van der Waals surface area contributed by atoms with Crippen molar-refractivity contribution in [2.45, 2.75) is 31.9 Å². The maximum atomic E-state index is 12.9. The number of halogens is 4. The van der Waals surface area contributed by atoms with Crippen molar-refractivity contribution in [3.63, 3.8) is 0 Å². The molecule has 164 valence electrons. The Morgan fingerprint density at radius 1 is 0.933 bits per heavy atom. The highest BCUT2D eigenvalue weighted by Crippen LogP contribution is 2.32. The van der Waals surface area contributed by atoms with E-state index in [-0.39, 0.29) is 24.5 Å². The first kappa shape index (κ1) is 24.0. The molecule has 0 spiro atoms. The van der Waals surface area contributed by atoms with Gasteiger partial charge in [0.1, 0.15) is 6.61 Å². The van der Waals surface area contributed by atoms with E-state index in [0.717, 1.165) is 37.8 Å². The fourth-order valence-corrected chi connectivity index (χ4v) is 2.91. The third-order valence-electron chi connectivity index (χ3n) is 4.25. The Labute approximate surface area is 179 Å². The number of anilines is 2. The summed E-state index contributed by atoms with van der Waals surface area (Å²) in [7, 11) is 0. The van der Waals surface area contributed by atoms with E-state index in [9.17, 15) is 18.0 Å². The summed E-state index contributed by atoms with van der Waals surface area (Å²) in [5.74, 6) is 0.0942. The van der Waals surface area contributed by atoms with Crippen LogP contribution in [0.4, 0.5) is 24.5 Å². The zero-order valence-corrected chi connectivity index (χ0v) is 17.3. The summed E-state index contributed by atoms with van der Waals surface area (Å²) in [6, 6.07) is 11.3. The van der Waals surface area contributed by atoms with Crippen LogP contribution in [0.2, 0.25) is 0 Å². The monoisotopic (exact) mass is 443 g/mol. The lowest BCUT2D eigenvalue weighted by Crippen LogP contribution is -2.13. The van der Waals surface area contributed by atoms with Crippen LogP contribution < -0.4 is 5.32 Å². The molecule has 0 amide bonds. The largest absolute Gasteiger partial charge is 0.460 e. The minimum atomic E-state index is -4.44. The second-order valence-corrected chi connectivity index (χ2v) is 6.98. The maximum absolute atomic E-state index is 12.9. The van der Waals surface area contributed by atoms with E-state index in [4.69, 9.17) is 21.1 Å². The van der Waals surface area contributed by atoms with Crippen molar-refractivity contribution in [1.29, 1.82) is 0 Å². The van der Waals surface area contributed by atoms with Gasteiger partial charge in [0.15, 0.2) is 0 Å². The van der Waals surface area contributed by atoms with Crippen molar-refractivity contribution in [3.05, 3.63) is 59.7 Å². The second kappa shape index (κ2) is 12.4. The standard InChI is InChI=1S/C22H25ClF3NO3/c23-12-5-1-2-6-13-29-14-15-30-21(28)19-10-3-4-11-20(19)27-18-9-7-8-17(16-18)22(24,25)26/h3-4,7-11,16,27H,1-2,5-6,12-15H2. The number of hydrogen-bond donors (Lipinski definition) is 1. The highest BCUT2D eigenvalue weighted by atomic mass is 35.5. The summed E-state index contributed by atoms with van der Waals surface area (Å²) < 4.78 is 49.4. The summed E-state index contributed by atoms with van der Waals surface area (Å²) in [5.41, 5.74) is 0.0490. The minimum absolute atomic E-state index is 0.0956. The first-order valence-corrected chi connectivity index (χ1v) is 10.3. The number of nitrogens with one attached hydrogen (secondary N) is 1. The number of hydrogen-bond acceptors (Lipinski definition) is 4. The van der Waals surface area contributed by atoms with Crippen LogP contribution in [0.25, 0.3) is 0 Å². The van der Waals surface area contributed by atoms with Gasteiger partial charge in [-0.3, -0.25) is 0 Å². The van der Waals surface area contributed by atoms with E-state index in [1.165, 1.54) is 12.1 Å². The molecule has 1 N–H and O–H groups in total. The average molecular weight is 444 g/mol. The summed E-state index contributed by atoms with van der Waals surface area (Å²) in [6.07, 6.45) is -0.416. The molecule has 0 aliphatic rings. The summed E-state index contributed by atoms with van der Waals surface area (Å²) in [6.45, 7) is 0.969. The van der Waals surface area contributed by atoms with E-state index in [1.807, 2.05) is 0 Å². The van der Waals surface area contributed by atoms with Crippen LogP contribution >= 0.6 is 11.6 Å². The Kier molecular flexibility index (Phi) is 9.97. The van der Waals surface area contributed by atoms with Crippen LogP contribution in [-0.2, 0) is 15.7 Å². The Balaban J connectivity index is 1.85. The smallest absolute Gasteiger partial charge is 0.416 e. The number of unbranched alkanes of at least 4 members (excludes halogenated alkanes) is 3. The molecule has 0 saturated heterocycles. The lowest BCUT2D eigenvalue weighted by Gasteiger charge is -2.13. The number of para-hydroxylation sites is 1. The second-order valence-electron chi connectivity index (χ2n) is 6.60. The fourth-order valence-electron chi connectivity index (χ4n) is 2.72. The van der Waals surface area contributed by atoms with E-state index >= 15 is 0 Å². The third-order valence-corrected chi connectivity index (χ3v) is 4.52. The number of esters is 1. The molecule has 2 aromatic rings. The molecule has 8 heteroatoms. The third kappa shape index (κ3) is 8.24. The van der Waals surface area contributed by atoms with Gasteiger partial charge in [-0.2, -0.15) is 13.2 Å². The summed E-state index contributed by atoms with van der Waals surface area (Å²) in [4.78, 5) is 12.4. The van der Waals surface area contributed by atoms with Crippen LogP contribution in [0.1, 0.15) is 41.6 Å². The van der Waals surface area contributed by atoms with Crippen molar-refractivity contribution in [2.75, 3.05) is 31.0 Å². The van der Waals surface area contributed by atoms with Crippen LogP contribution in [0.5, 0.6) is 0 Å². The molecule has 0 fully saturated rings. The van der Waals surface area contributed by atoms with Gasteiger partial charge in [0.2, 0.25) is 0 Å². The first-order chi connectivity index (χ1) is 14.4. The molecule has 0 bridgehead atoms. The van der Waals surface area contributed by atoms with Crippen LogP contribution in [0.15, 0.2) is 48.5 Å². The van der Waals surface area contributed by atoms with Gasteiger partial charge in [-0.25, -0.2) is 4.79 Å². The van der Waals surface area contributed by atoms with Gasteiger partial charge < -0.3 is 14.8 Å². The van der Waals surface area contributed by atoms with E-state index in [1.54, 1.807) is 24.3 Å². The molecular formula is C22H25ClF3NO3. The number of ether oxygens (including phenoxy) is 2. The molecule has 0 heterocycles. The lowest BCUT2D eigenvalue weighted by molar-refractivity contribution is -0.137. The number of carbonyl (C=O) groups excluding carboxylic acids is 1. The number of carbonyl (C=O) groups is 1. The zero-order chi connectivity index (χ0) is 21.8. The highest BCUT2D eigenvalue weighted by Gasteiger charge is 2.30. The van der Waals surface area contributed by atoms with Crippen LogP contribution in [0, 0.1) is 0 Å². The molecule has 0 radical (unpaired) electrons. The van der Waals surface area contributed by atoms with Crippen molar-refractivity contribution < 1.29 is 27.4 Å². The van der Waals surface area contributed by atoms with Gasteiger partial charge in [-0.1, -0.05) is 31.0 Å². The average Bonchev–Trinajstić information content (AvgIpc) is 2.72. The van der Waals surface area contributed by atoms with Crippen molar-refractivity contribution >= 4 is 28.9 Å². The quantitative estimate of drug-likeness (QED) is 0.233. The zero-order valence-electron chi connectivity index (χ0n) is 16.5. The van der Waals surface area contributed by atoms with Gasteiger partial charge in [0, 0.05) is 18.2 Å². The SMILES string of the molecule is O=C(OCCOCCCCCCCl)c1ccccc1Nc1cccc(C(F)(F)F)c1. The highest BCUT2D eigenvalue weighted by molar-refractivity contribution is 6.17. The molecule has 2 aromatic carbocycles. The van der Waals surface area contributed by atoms with Crippen molar-refractivity contribution in [2.24, 2.45) is 0 Å². The number of rotatable bonds is 12. The Hall–Kier alpha value is -2.25. The Morgan fingerprint density at radius 2 is 1.70 bits per heavy atom. The lowest BCUT2D eigenvalue weighted by atomic mass is 10.1. The molecule has 0 aromatic heterocycles. The molecule has 0 unspecified atom stereocenters. The van der Waals surface area contributed by atoms with Crippen molar-refractivity contribution in [3.8, 4) is 0 Å². The van der Waals surface area contributed by atoms with Crippen LogP contribution in [-0.4, -0.2) is 31.7 Å². The Morgan fingerprint density at radius 3 is 2.47 bits per heavy atom. The fraction of sp³-hybridized carbons (Fsp3) is 0.409. The molecule has 0 aliphatic carbocycles. The van der Waals surface area contributed by atoms with Gasteiger partial charge in [-0.15, -0.1) is 11.6 Å². The topological polar surface area (TPSA) is 47.6 Å². The summed E-state index contributed by atoms with van der Waals surface area (Å²) >= 11 is 5.62. The van der Waals surface area contributed by atoms with Gasteiger partial charge in [-0.05, 0) is 43.2 Å². The van der Waals surface area contributed by atoms with E-state index in [0.29, 0.717) is 18.2 Å². The normalized spacial score (nSPS) is 11.3. The van der Waals surface area contributed by atoms with E-state index < -0.39 is 17.7 Å². The molecule has 2 rings (SSSR count). The predicted octanol–water partition coefficient (Wildman–Crippen LogP) is 6.42. The molecular weight excluding hydrogens is 419 g/mol. The van der Waals surface area contributed by atoms with E-state index in [2.05, 4.69) is 5.32 Å². The first-order valence-electron chi connectivity index (χ1n) is 9.76. The van der Waals surface area contributed by atoms with Crippen molar-refractivity contribution in [1.82, 2.24) is 0 Å². The minimum Gasteiger partial charge on any atom is -0.460 e. The van der Waals surface area contributed by atoms with Gasteiger partial charge in [0.05, 0.1) is 23.4 Å². The summed E-state index contributed by atoms with van der Waals surface area (Å²) in [5, 5.41) is 2.86. The predicted molar refractivity (Wildman–Crippen MR) is 111 cm³/mol. The molecule has 4 nitrogen and oxygen atoms in total. The number of alkyl halides is 4.